The smallest absolute Gasteiger partial charge is 0.328 e. The van der Waals surface area contributed by atoms with Gasteiger partial charge in [0.25, 0.3) is 0 Å². The molecule has 1 atom stereocenters. The molecule has 0 aromatic carbocycles. The van der Waals surface area contributed by atoms with Crippen molar-refractivity contribution < 1.29 is 19.0 Å². The van der Waals surface area contributed by atoms with Crippen molar-refractivity contribution in [2.45, 2.75) is 32.7 Å². The largest absolute Gasteiger partial charge is 0.465 e. The molecule has 0 radical (unpaired) electrons. The molecule has 5 heteroatoms. The Morgan fingerprint density at radius 1 is 1.18 bits per heavy atom. The summed E-state index contributed by atoms with van der Waals surface area (Å²) in [5, 5.41) is 2.92. The lowest BCUT2D eigenvalue weighted by atomic mass is 10.1. The van der Waals surface area contributed by atoms with Crippen LogP contribution in [0.15, 0.2) is 0 Å². The van der Waals surface area contributed by atoms with Gasteiger partial charge < -0.3 is 19.5 Å². The number of esters is 1. The number of rotatable bonds is 10. The standard InChI is InChI=1S/C12H25NO4/c1-5-7-15-8-9-16-10-12(3,13-4)11(14)17-6-2/h13H,5-10H2,1-4H3. The summed E-state index contributed by atoms with van der Waals surface area (Å²) in [4.78, 5) is 11.7. The van der Waals surface area contributed by atoms with E-state index >= 15 is 0 Å². The molecule has 0 saturated carbocycles. The molecule has 0 bridgehead atoms. The second kappa shape index (κ2) is 9.39. The highest BCUT2D eigenvalue weighted by Crippen LogP contribution is 2.06. The first-order valence-corrected chi connectivity index (χ1v) is 6.12. The van der Waals surface area contributed by atoms with E-state index in [-0.39, 0.29) is 12.6 Å². The molecule has 5 nitrogen and oxygen atoms in total. The monoisotopic (exact) mass is 247 g/mol. The van der Waals surface area contributed by atoms with Gasteiger partial charge in [0.1, 0.15) is 5.54 Å². The maximum absolute atomic E-state index is 11.7. The average molecular weight is 247 g/mol. The molecule has 1 N–H and O–H groups in total. The number of carbonyl (C=O) groups excluding carboxylic acids is 1. The Kier molecular flexibility index (Phi) is 9.03. The molecule has 0 fully saturated rings. The van der Waals surface area contributed by atoms with E-state index in [9.17, 15) is 4.79 Å². The fraction of sp³-hybridized carbons (Fsp3) is 0.917. The van der Waals surface area contributed by atoms with Crippen LogP contribution in [-0.4, -0.2) is 51.6 Å². The van der Waals surface area contributed by atoms with Gasteiger partial charge in [-0.05, 0) is 27.3 Å². The molecule has 0 aliphatic heterocycles. The van der Waals surface area contributed by atoms with Crippen LogP contribution < -0.4 is 5.32 Å². The van der Waals surface area contributed by atoms with Crippen LogP contribution in [0.5, 0.6) is 0 Å². The second-order valence-corrected chi connectivity index (χ2v) is 3.97. The maximum atomic E-state index is 11.7. The van der Waals surface area contributed by atoms with Crippen LogP contribution in [0.3, 0.4) is 0 Å². The molecule has 0 aromatic rings. The van der Waals surface area contributed by atoms with Crippen LogP contribution in [0.25, 0.3) is 0 Å². The first kappa shape index (κ1) is 16.4. The van der Waals surface area contributed by atoms with E-state index in [1.807, 2.05) is 0 Å². The molecular weight excluding hydrogens is 222 g/mol. The molecule has 0 saturated heterocycles. The normalized spacial score (nSPS) is 14.4. The minimum absolute atomic E-state index is 0.276. The lowest BCUT2D eigenvalue weighted by Gasteiger charge is -2.26. The van der Waals surface area contributed by atoms with E-state index in [4.69, 9.17) is 14.2 Å². The predicted octanol–water partition coefficient (Wildman–Crippen LogP) is 0.971. The number of hydrogen-bond donors (Lipinski definition) is 1. The molecule has 0 amide bonds. The number of ether oxygens (including phenoxy) is 3. The van der Waals surface area contributed by atoms with Gasteiger partial charge in [-0.25, -0.2) is 4.79 Å². The SMILES string of the molecule is CCCOCCOCC(C)(NC)C(=O)OCC. The van der Waals surface area contributed by atoms with Crippen molar-refractivity contribution in [1.29, 1.82) is 0 Å². The summed E-state index contributed by atoms with van der Waals surface area (Å²) in [6, 6.07) is 0. The molecule has 1 unspecified atom stereocenters. The lowest BCUT2D eigenvalue weighted by molar-refractivity contribution is -0.153. The van der Waals surface area contributed by atoms with E-state index in [1.54, 1.807) is 20.9 Å². The molecular formula is C12H25NO4. The van der Waals surface area contributed by atoms with Crippen molar-refractivity contribution in [3.05, 3.63) is 0 Å². The van der Waals surface area contributed by atoms with E-state index in [0.717, 1.165) is 13.0 Å². The Balaban J connectivity index is 3.83. The molecule has 0 aromatic heterocycles. The van der Waals surface area contributed by atoms with Gasteiger partial charge in [-0.1, -0.05) is 6.92 Å². The van der Waals surface area contributed by atoms with Crippen LogP contribution in [0.2, 0.25) is 0 Å². The minimum Gasteiger partial charge on any atom is -0.465 e. The third-order valence-electron chi connectivity index (χ3n) is 2.39. The Hall–Kier alpha value is -0.650. The van der Waals surface area contributed by atoms with E-state index < -0.39 is 5.54 Å². The fourth-order valence-corrected chi connectivity index (χ4v) is 1.16. The average Bonchev–Trinajstić information content (AvgIpc) is 2.33. The molecule has 102 valence electrons. The first-order chi connectivity index (χ1) is 8.10. The molecule has 0 aliphatic carbocycles. The number of hydrogen-bond acceptors (Lipinski definition) is 5. The van der Waals surface area contributed by atoms with Crippen LogP contribution >= 0.6 is 0 Å². The summed E-state index contributed by atoms with van der Waals surface area (Å²) >= 11 is 0. The fourth-order valence-electron chi connectivity index (χ4n) is 1.16. The quantitative estimate of drug-likeness (QED) is 0.460. The highest BCUT2D eigenvalue weighted by Gasteiger charge is 2.33. The Morgan fingerprint density at radius 3 is 2.35 bits per heavy atom. The minimum atomic E-state index is -0.791. The lowest BCUT2D eigenvalue weighted by Crippen LogP contribution is -2.52. The van der Waals surface area contributed by atoms with Gasteiger partial charge in [-0.3, -0.25) is 0 Å². The van der Waals surface area contributed by atoms with Crippen molar-refractivity contribution >= 4 is 5.97 Å². The van der Waals surface area contributed by atoms with Gasteiger partial charge in [0, 0.05) is 6.61 Å². The molecule has 0 spiro atoms. The topological polar surface area (TPSA) is 56.8 Å². The van der Waals surface area contributed by atoms with E-state index in [0.29, 0.717) is 19.8 Å². The summed E-state index contributed by atoms with van der Waals surface area (Å²) in [7, 11) is 1.72. The highest BCUT2D eigenvalue weighted by atomic mass is 16.5. The van der Waals surface area contributed by atoms with Gasteiger partial charge in [0.2, 0.25) is 0 Å². The van der Waals surface area contributed by atoms with Crippen molar-refractivity contribution in [3.8, 4) is 0 Å². The maximum Gasteiger partial charge on any atom is 0.328 e. The van der Waals surface area contributed by atoms with Gasteiger partial charge in [0.05, 0.1) is 26.4 Å². The number of likely N-dealkylation sites (N-methyl/N-ethyl adjacent to an activating group) is 1. The molecule has 0 aliphatic rings. The summed E-state index contributed by atoms with van der Waals surface area (Å²) in [6.45, 7) is 8.02. The molecule has 17 heavy (non-hydrogen) atoms. The summed E-state index contributed by atoms with van der Waals surface area (Å²) in [6.07, 6.45) is 0.997. The van der Waals surface area contributed by atoms with Gasteiger partial charge >= 0.3 is 5.97 Å². The van der Waals surface area contributed by atoms with Crippen LogP contribution in [-0.2, 0) is 19.0 Å². The Labute approximate surface area is 104 Å². The summed E-state index contributed by atoms with van der Waals surface area (Å²) in [5.41, 5.74) is -0.791. The third-order valence-corrected chi connectivity index (χ3v) is 2.39. The third kappa shape index (κ3) is 6.61. The van der Waals surface area contributed by atoms with Gasteiger partial charge in [0.15, 0.2) is 0 Å². The van der Waals surface area contributed by atoms with Crippen molar-refractivity contribution in [3.63, 3.8) is 0 Å². The highest BCUT2D eigenvalue weighted by molar-refractivity contribution is 5.80. The van der Waals surface area contributed by atoms with E-state index in [1.165, 1.54) is 0 Å². The Bertz CT molecular complexity index is 211. The number of nitrogens with one attached hydrogen (secondary N) is 1. The van der Waals surface area contributed by atoms with E-state index in [2.05, 4.69) is 12.2 Å². The number of carbonyl (C=O) groups is 1. The molecule has 0 heterocycles. The predicted molar refractivity (Wildman–Crippen MR) is 66.0 cm³/mol. The van der Waals surface area contributed by atoms with Gasteiger partial charge in [-0.2, -0.15) is 0 Å². The zero-order chi connectivity index (χ0) is 13.1. The summed E-state index contributed by atoms with van der Waals surface area (Å²) < 4.78 is 15.7. The van der Waals surface area contributed by atoms with Crippen LogP contribution in [0.1, 0.15) is 27.2 Å². The zero-order valence-corrected chi connectivity index (χ0v) is 11.4. The molecule has 0 rings (SSSR count). The van der Waals surface area contributed by atoms with Crippen molar-refractivity contribution in [2.75, 3.05) is 40.1 Å². The second-order valence-electron chi connectivity index (χ2n) is 3.97. The van der Waals surface area contributed by atoms with Crippen molar-refractivity contribution in [2.24, 2.45) is 0 Å². The first-order valence-electron chi connectivity index (χ1n) is 6.12. The van der Waals surface area contributed by atoms with Gasteiger partial charge in [-0.15, -0.1) is 0 Å². The zero-order valence-electron chi connectivity index (χ0n) is 11.4. The van der Waals surface area contributed by atoms with Crippen LogP contribution in [0, 0.1) is 0 Å². The van der Waals surface area contributed by atoms with Crippen LogP contribution in [0.4, 0.5) is 0 Å². The Morgan fingerprint density at radius 2 is 1.82 bits per heavy atom. The van der Waals surface area contributed by atoms with Crippen molar-refractivity contribution in [1.82, 2.24) is 5.32 Å². The summed E-state index contributed by atoms with van der Waals surface area (Å²) in [5.74, 6) is -0.294.